The number of esters is 1. The van der Waals surface area contributed by atoms with Crippen LogP contribution in [0.25, 0.3) is 0 Å². The normalized spacial score (nSPS) is 20.5. The third-order valence-electron chi connectivity index (χ3n) is 5.06. The minimum Gasteiger partial charge on any atom is -0.493 e. The standard InChI is InChI=1S/C21H20N2O5/c1-14-6-8-15(9-7-14)13-28-18(24)12-23-19(25)21(22-20(23)26)10-11-27-17-5-3-2-4-16(17)21/h2-9H,10-13H2,1H3,(H,22,26)/t21-/m1/s1. The maximum absolute atomic E-state index is 13.1. The third kappa shape index (κ3) is 3.09. The number of aryl methyl sites for hydroxylation is 1. The number of fused-ring (bicyclic) bond motifs is 2. The monoisotopic (exact) mass is 380 g/mol. The number of carbonyl (C=O) groups excluding carboxylic acids is 3. The van der Waals surface area contributed by atoms with Crippen molar-refractivity contribution >= 4 is 17.9 Å². The first-order valence-corrected chi connectivity index (χ1v) is 9.07. The molecule has 2 aliphatic heterocycles. The Labute approximate surface area is 162 Å². The summed E-state index contributed by atoms with van der Waals surface area (Å²) >= 11 is 0. The van der Waals surface area contributed by atoms with Gasteiger partial charge in [0.25, 0.3) is 5.91 Å². The zero-order chi connectivity index (χ0) is 19.7. The summed E-state index contributed by atoms with van der Waals surface area (Å²) in [6.07, 6.45) is 0.309. The smallest absolute Gasteiger partial charge is 0.326 e. The van der Waals surface area contributed by atoms with Crippen molar-refractivity contribution in [2.24, 2.45) is 0 Å². The first-order valence-electron chi connectivity index (χ1n) is 9.07. The number of rotatable bonds is 4. The van der Waals surface area contributed by atoms with E-state index in [2.05, 4.69) is 5.32 Å². The molecule has 0 saturated carbocycles. The molecule has 0 bridgehead atoms. The van der Waals surface area contributed by atoms with Crippen LogP contribution >= 0.6 is 0 Å². The molecular weight excluding hydrogens is 360 g/mol. The summed E-state index contributed by atoms with van der Waals surface area (Å²) in [7, 11) is 0. The zero-order valence-electron chi connectivity index (χ0n) is 15.4. The first kappa shape index (κ1) is 18.0. The second-order valence-corrected chi connectivity index (χ2v) is 6.97. The molecule has 1 fully saturated rings. The summed E-state index contributed by atoms with van der Waals surface area (Å²) in [6, 6.07) is 14.1. The molecule has 1 saturated heterocycles. The van der Waals surface area contributed by atoms with Crippen LogP contribution in [0.4, 0.5) is 4.79 Å². The molecule has 0 aromatic heterocycles. The largest absolute Gasteiger partial charge is 0.493 e. The highest BCUT2D eigenvalue weighted by Gasteiger charge is 2.55. The second-order valence-electron chi connectivity index (χ2n) is 6.97. The van der Waals surface area contributed by atoms with Crippen molar-refractivity contribution < 1.29 is 23.9 Å². The number of carbonyl (C=O) groups is 3. The number of urea groups is 1. The highest BCUT2D eigenvalue weighted by atomic mass is 16.5. The van der Waals surface area contributed by atoms with Gasteiger partial charge in [-0.05, 0) is 18.6 Å². The van der Waals surface area contributed by atoms with Crippen LogP contribution in [0.1, 0.15) is 23.1 Å². The lowest BCUT2D eigenvalue weighted by Crippen LogP contribution is -2.47. The van der Waals surface area contributed by atoms with Crippen molar-refractivity contribution in [1.29, 1.82) is 0 Å². The molecule has 0 unspecified atom stereocenters. The highest BCUT2D eigenvalue weighted by Crippen LogP contribution is 2.40. The van der Waals surface area contributed by atoms with E-state index in [1.807, 2.05) is 31.2 Å². The van der Waals surface area contributed by atoms with Gasteiger partial charge in [0, 0.05) is 12.0 Å². The van der Waals surface area contributed by atoms with E-state index in [1.54, 1.807) is 24.3 Å². The zero-order valence-corrected chi connectivity index (χ0v) is 15.4. The number of amides is 3. The molecule has 1 atom stereocenters. The van der Waals surface area contributed by atoms with Gasteiger partial charge in [-0.15, -0.1) is 0 Å². The number of ether oxygens (including phenoxy) is 2. The molecule has 2 aromatic carbocycles. The van der Waals surface area contributed by atoms with E-state index in [1.165, 1.54) is 0 Å². The van der Waals surface area contributed by atoms with Crippen molar-refractivity contribution in [3.63, 3.8) is 0 Å². The van der Waals surface area contributed by atoms with Crippen molar-refractivity contribution in [3.8, 4) is 5.75 Å². The van der Waals surface area contributed by atoms with Crippen LogP contribution in [-0.2, 0) is 26.5 Å². The van der Waals surface area contributed by atoms with Crippen LogP contribution in [0, 0.1) is 6.92 Å². The Morgan fingerprint density at radius 3 is 2.71 bits per heavy atom. The van der Waals surface area contributed by atoms with Crippen LogP contribution < -0.4 is 10.1 Å². The summed E-state index contributed by atoms with van der Waals surface area (Å²) < 4.78 is 10.8. The van der Waals surface area contributed by atoms with Crippen molar-refractivity contribution in [2.45, 2.75) is 25.5 Å². The van der Waals surface area contributed by atoms with Crippen molar-refractivity contribution in [3.05, 3.63) is 65.2 Å². The molecule has 4 rings (SSSR count). The first-order chi connectivity index (χ1) is 13.5. The average Bonchev–Trinajstić information content (AvgIpc) is 2.93. The highest BCUT2D eigenvalue weighted by molar-refractivity contribution is 6.09. The third-order valence-corrected chi connectivity index (χ3v) is 5.06. The number of benzene rings is 2. The molecular formula is C21H20N2O5. The fourth-order valence-corrected chi connectivity index (χ4v) is 3.54. The molecule has 7 nitrogen and oxygen atoms in total. The van der Waals surface area contributed by atoms with Crippen LogP contribution in [0.2, 0.25) is 0 Å². The van der Waals surface area contributed by atoms with Gasteiger partial charge in [0.15, 0.2) is 5.54 Å². The summed E-state index contributed by atoms with van der Waals surface area (Å²) in [6.45, 7) is 1.93. The van der Waals surface area contributed by atoms with Gasteiger partial charge in [0.1, 0.15) is 18.9 Å². The van der Waals surface area contributed by atoms with Gasteiger partial charge in [-0.1, -0.05) is 48.0 Å². The Morgan fingerprint density at radius 2 is 1.93 bits per heavy atom. The Balaban J connectivity index is 1.46. The molecule has 144 valence electrons. The van der Waals surface area contributed by atoms with Crippen LogP contribution in [0.5, 0.6) is 5.75 Å². The van der Waals surface area contributed by atoms with E-state index in [0.29, 0.717) is 24.3 Å². The van der Waals surface area contributed by atoms with Crippen LogP contribution in [0.15, 0.2) is 48.5 Å². The van der Waals surface area contributed by atoms with Gasteiger partial charge >= 0.3 is 12.0 Å². The minimum absolute atomic E-state index is 0.0879. The fraction of sp³-hybridized carbons (Fsp3) is 0.286. The fourth-order valence-electron chi connectivity index (χ4n) is 3.54. The number of nitrogens with zero attached hydrogens (tertiary/aromatic N) is 1. The maximum atomic E-state index is 13.1. The Bertz CT molecular complexity index is 940. The molecule has 1 spiro atoms. The van der Waals surface area contributed by atoms with E-state index in [0.717, 1.165) is 16.0 Å². The molecule has 1 N–H and O–H groups in total. The number of hydrogen-bond acceptors (Lipinski definition) is 5. The number of imide groups is 1. The average molecular weight is 380 g/mol. The maximum Gasteiger partial charge on any atom is 0.326 e. The SMILES string of the molecule is Cc1ccc(COC(=O)CN2C(=O)N[C@@]3(CCOc4ccccc43)C2=O)cc1. The molecule has 0 radical (unpaired) electrons. The molecule has 3 amide bonds. The van der Waals surface area contributed by atoms with E-state index in [9.17, 15) is 14.4 Å². The van der Waals surface area contributed by atoms with Gasteiger partial charge in [0.05, 0.1) is 6.61 Å². The lowest BCUT2D eigenvalue weighted by Gasteiger charge is -2.33. The van der Waals surface area contributed by atoms with Crippen molar-refractivity contribution in [2.75, 3.05) is 13.2 Å². The summed E-state index contributed by atoms with van der Waals surface area (Å²) in [5.74, 6) is -0.534. The Hall–Kier alpha value is -3.35. The molecule has 28 heavy (non-hydrogen) atoms. The lowest BCUT2D eigenvalue weighted by molar-refractivity contribution is -0.149. The van der Waals surface area contributed by atoms with E-state index < -0.39 is 30.0 Å². The van der Waals surface area contributed by atoms with Crippen LogP contribution in [0.3, 0.4) is 0 Å². The summed E-state index contributed by atoms with van der Waals surface area (Å²) in [4.78, 5) is 38.7. The predicted octanol–water partition coefficient (Wildman–Crippen LogP) is 2.27. The van der Waals surface area contributed by atoms with E-state index in [-0.39, 0.29) is 6.61 Å². The van der Waals surface area contributed by atoms with Gasteiger partial charge in [0.2, 0.25) is 0 Å². The minimum atomic E-state index is -1.19. The molecule has 2 aliphatic rings. The quantitative estimate of drug-likeness (QED) is 0.650. The van der Waals surface area contributed by atoms with Gasteiger partial charge in [-0.25, -0.2) is 4.79 Å². The summed E-state index contributed by atoms with van der Waals surface area (Å²) in [5.41, 5.74) is 1.36. The van der Waals surface area contributed by atoms with Crippen molar-refractivity contribution in [1.82, 2.24) is 10.2 Å². The molecule has 7 heteroatoms. The topological polar surface area (TPSA) is 84.9 Å². The molecule has 0 aliphatic carbocycles. The second kappa shape index (κ2) is 6.99. The van der Waals surface area contributed by atoms with Gasteiger partial charge in [-0.2, -0.15) is 0 Å². The van der Waals surface area contributed by atoms with E-state index in [4.69, 9.17) is 9.47 Å². The number of nitrogens with one attached hydrogen (secondary N) is 1. The van der Waals surface area contributed by atoms with E-state index >= 15 is 0 Å². The number of hydrogen-bond donors (Lipinski definition) is 1. The lowest BCUT2D eigenvalue weighted by atomic mass is 9.84. The predicted molar refractivity (Wildman–Crippen MR) is 99.5 cm³/mol. The van der Waals surface area contributed by atoms with Crippen LogP contribution in [-0.4, -0.2) is 36.0 Å². The Kier molecular flexibility index (Phi) is 4.50. The summed E-state index contributed by atoms with van der Waals surface area (Å²) in [5, 5.41) is 2.76. The number of para-hydroxylation sites is 1. The Morgan fingerprint density at radius 1 is 1.18 bits per heavy atom. The van der Waals surface area contributed by atoms with Gasteiger partial charge < -0.3 is 14.8 Å². The molecule has 2 heterocycles. The van der Waals surface area contributed by atoms with Gasteiger partial charge in [-0.3, -0.25) is 14.5 Å². The molecule has 2 aromatic rings.